The molecule has 12 amide bonds. The molecule has 4 saturated carbocycles. The molecule has 3 N–H and O–H groups in total. The van der Waals surface area contributed by atoms with Crippen molar-refractivity contribution in [3.05, 3.63) is 0 Å². The Bertz CT molecular complexity index is 2940. The van der Waals surface area contributed by atoms with E-state index in [0.717, 1.165) is 58.8 Å². The highest BCUT2D eigenvalue weighted by molar-refractivity contribution is 6.21. The van der Waals surface area contributed by atoms with Crippen LogP contribution in [0.1, 0.15) is 181 Å². The molecule has 4 aliphatic carbocycles. The van der Waals surface area contributed by atoms with Crippen LogP contribution in [-0.4, -0.2) is 269 Å². The fourth-order valence-electron chi connectivity index (χ4n) is 16.2. The average Bonchev–Trinajstić information content (AvgIpc) is 1.31. The van der Waals surface area contributed by atoms with Gasteiger partial charge in [0.2, 0.25) is 70.9 Å². The van der Waals surface area contributed by atoms with Crippen molar-refractivity contribution in [2.24, 2.45) is 29.6 Å². The second-order valence-corrected chi connectivity index (χ2v) is 30.3. The van der Waals surface area contributed by atoms with Crippen molar-refractivity contribution >= 4 is 82.5 Å². The zero-order valence-electron chi connectivity index (χ0n) is 59.7. The van der Waals surface area contributed by atoms with Crippen LogP contribution in [0.5, 0.6) is 0 Å². The fraction of sp³-hybridized carbons (Fsp3) is 0.826. The molecule has 0 aromatic carbocycles. The zero-order chi connectivity index (χ0) is 73.9. The van der Waals surface area contributed by atoms with E-state index in [1.54, 1.807) is 13.8 Å². The Morgan fingerprint density at radius 2 is 1.18 bits per heavy atom. The maximum Gasteiger partial charge on any atom is 0.393 e. The van der Waals surface area contributed by atoms with Crippen molar-refractivity contribution in [1.29, 1.82) is 0 Å². The van der Waals surface area contributed by atoms with E-state index in [2.05, 4.69) is 16.0 Å². The van der Waals surface area contributed by atoms with Crippen LogP contribution in [0.25, 0.3) is 0 Å². The third-order valence-corrected chi connectivity index (χ3v) is 23.2. The first-order valence-electron chi connectivity index (χ1n) is 36.1. The second-order valence-electron chi connectivity index (χ2n) is 29.7. The minimum absolute atomic E-state index is 0.0128. The molecule has 0 aromatic heterocycles. The minimum Gasteiger partial charge on any atom is -0.343 e. The molecular weight excluding hydrogens is 1340 g/mol. The molecule has 7 rings (SSSR count). The van der Waals surface area contributed by atoms with Crippen molar-refractivity contribution in [3.63, 3.8) is 0 Å². The molecule has 3 unspecified atom stereocenters. The summed E-state index contributed by atoms with van der Waals surface area (Å²) in [5.74, 6) is -13.4. The number of nitrogens with zero attached hydrogens (tertiary/aromatic N) is 9. The molecule has 564 valence electrons. The molecule has 7 aliphatic rings. The van der Waals surface area contributed by atoms with Crippen LogP contribution in [0.3, 0.4) is 0 Å². The molecule has 0 radical (unpaired) electrons. The van der Waals surface area contributed by atoms with Gasteiger partial charge in [-0.15, -0.1) is 11.6 Å². The van der Waals surface area contributed by atoms with Gasteiger partial charge in [0.25, 0.3) is 0 Å². The highest BCUT2D eigenvalue weighted by Gasteiger charge is 2.53. The van der Waals surface area contributed by atoms with Gasteiger partial charge in [-0.1, -0.05) is 78.1 Å². The SMILES string of the molecule is CC[C@H](C)[C@@H]1NC(=O)[C@H](CC(F)(F)F)N(C)C(=O)C[C@@H](C(=O)N2CCCC2)N(C)C(=O)[C@H](C2CCCCC2)N(C)C(=O)C2(CCCC2)NC(=O)[C@@H]2CCCN2C(=O)[C@H](CCC2CCC(C(F)(F)F)C(Cl)C2)NC(=O)CN(C)C(=O)[C@H](CC2CCCC2)N(C)C(=O)CN(C)C(=O)CN(C)C1=O. The molecule has 7 fully saturated rings. The number of rotatable bonds is 10. The van der Waals surface area contributed by atoms with Crippen LogP contribution < -0.4 is 16.0 Å². The molecule has 0 aromatic rings. The molecule has 1 spiro atoms. The number of likely N-dealkylation sites (tertiary alicyclic amines) is 1. The topological polar surface area (TPSA) is 270 Å². The number of nitrogens with one attached hydrogen (secondary N) is 3. The summed E-state index contributed by atoms with van der Waals surface area (Å²) in [6.45, 7) is 1.73. The lowest BCUT2D eigenvalue weighted by Crippen LogP contribution is -2.65. The molecule has 31 heteroatoms. The Balaban J connectivity index is 1.27. The van der Waals surface area contributed by atoms with Gasteiger partial charge in [-0.05, 0) is 114 Å². The van der Waals surface area contributed by atoms with Gasteiger partial charge in [-0.2, -0.15) is 26.3 Å². The minimum atomic E-state index is -5.09. The van der Waals surface area contributed by atoms with Gasteiger partial charge in [0.05, 0.1) is 38.4 Å². The summed E-state index contributed by atoms with van der Waals surface area (Å²) >= 11 is 6.38. The van der Waals surface area contributed by atoms with E-state index < -0.39 is 193 Å². The van der Waals surface area contributed by atoms with E-state index in [4.69, 9.17) is 11.6 Å². The van der Waals surface area contributed by atoms with Crippen molar-refractivity contribution in [2.75, 3.05) is 88.6 Å². The Kier molecular flexibility index (Phi) is 28.4. The Hall–Kier alpha value is -6.49. The smallest absolute Gasteiger partial charge is 0.343 e. The number of carbonyl (C=O) groups excluding carboxylic acids is 12. The van der Waals surface area contributed by atoms with E-state index in [1.165, 1.54) is 61.9 Å². The van der Waals surface area contributed by atoms with Crippen molar-refractivity contribution in [3.8, 4) is 0 Å². The average molecular weight is 1450 g/mol. The first kappa shape index (κ1) is 80.8. The highest BCUT2D eigenvalue weighted by Crippen LogP contribution is 2.44. The third kappa shape index (κ3) is 20.2. The van der Waals surface area contributed by atoms with Gasteiger partial charge < -0.3 is 60.0 Å². The van der Waals surface area contributed by atoms with Gasteiger partial charge in [-0.25, -0.2) is 0 Å². The monoisotopic (exact) mass is 1440 g/mol. The molecule has 24 nitrogen and oxygen atoms in total. The number of alkyl halides is 7. The van der Waals surface area contributed by atoms with E-state index in [-0.39, 0.29) is 89.8 Å². The summed E-state index contributed by atoms with van der Waals surface area (Å²) in [6, 6.07) is -10.7. The lowest BCUT2D eigenvalue weighted by Gasteiger charge is -2.43. The summed E-state index contributed by atoms with van der Waals surface area (Å²) in [7, 11) is 8.88. The molecule has 11 atom stereocenters. The van der Waals surface area contributed by atoms with Gasteiger partial charge >= 0.3 is 12.4 Å². The molecular formula is C69H107ClF6N12O12. The van der Waals surface area contributed by atoms with Gasteiger partial charge in [0, 0.05) is 74.3 Å². The van der Waals surface area contributed by atoms with Crippen LogP contribution in [0.15, 0.2) is 0 Å². The molecule has 0 bridgehead atoms. The van der Waals surface area contributed by atoms with E-state index in [0.29, 0.717) is 62.7 Å². The van der Waals surface area contributed by atoms with Crippen LogP contribution in [0.4, 0.5) is 26.3 Å². The Morgan fingerprint density at radius 1 is 0.580 bits per heavy atom. The third-order valence-electron chi connectivity index (χ3n) is 22.7. The maximum absolute atomic E-state index is 15.6. The first-order chi connectivity index (χ1) is 47.0. The van der Waals surface area contributed by atoms with Crippen LogP contribution >= 0.6 is 11.6 Å². The quantitative estimate of drug-likeness (QED) is 0.178. The van der Waals surface area contributed by atoms with Crippen molar-refractivity contribution in [1.82, 2.24) is 60.0 Å². The van der Waals surface area contributed by atoms with Crippen molar-refractivity contribution in [2.45, 2.75) is 246 Å². The summed E-state index contributed by atoms with van der Waals surface area (Å²) in [5, 5.41) is 6.99. The summed E-state index contributed by atoms with van der Waals surface area (Å²) in [6.07, 6.45) is -3.23. The Labute approximate surface area is 588 Å². The molecule has 3 heterocycles. The van der Waals surface area contributed by atoms with Crippen molar-refractivity contribution < 1.29 is 83.9 Å². The highest BCUT2D eigenvalue weighted by atomic mass is 35.5. The number of carbonyl (C=O) groups is 12. The van der Waals surface area contributed by atoms with Crippen LogP contribution in [-0.2, 0) is 57.5 Å². The van der Waals surface area contributed by atoms with E-state index in [1.807, 2.05) is 0 Å². The second kappa shape index (κ2) is 35.1. The first-order valence-corrected chi connectivity index (χ1v) is 36.5. The number of hydrogen-bond acceptors (Lipinski definition) is 12. The standard InChI is InChI=1S/C69H107ClF6N12O12/c1-10-42(2)57-64(98)82(5)40-55(91)80(3)41-56(92)83(6)50(36-43-21-14-15-22-43)62(96)81(4)39-53(89)77-48(29-27-44-26-28-46(47(70)35-44)69(74,75)76)61(95)88-34-20-25-49(88)60(94)79-67(30-16-17-31-67)66(100)86(9)58(45-23-12-11-13-24-45)65(99)85(8)51(63(97)87-32-18-19-33-87)37-54(90)84(7)52(59(93)78-57)38-68(71,72)73/h42-52,57-58H,10-41H2,1-9H3,(H,77,89)(H,78,93)(H,79,94)/t42-,44?,46?,47?,48-,49-,50-,51-,52-,57-,58-/m0/s1. The number of halogens is 7. The number of likely N-dealkylation sites (N-methyl/N-ethyl adjacent to an activating group) is 7. The maximum atomic E-state index is 15.6. The normalized spacial score (nSPS) is 30.0. The predicted octanol–water partition coefficient (Wildman–Crippen LogP) is 5.61. The largest absolute Gasteiger partial charge is 0.393 e. The van der Waals surface area contributed by atoms with E-state index >= 15 is 19.2 Å². The van der Waals surface area contributed by atoms with Gasteiger partial charge in [0.1, 0.15) is 47.8 Å². The number of hydrogen-bond donors (Lipinski definition) is 3. The summed E-state index contributed by atoms with van der Waals surface area (Å²) in [5.41, 5.74) is -1.64. The fourth-order valence-corrected chi connectivity index (χ4v) is 16.7. The lowest BCUT2D eigenvalue weighted by molar-refractivity contribution is -0.182. The Morgan fingerprint density at radius 3 is 1.78 bits per heavy atom. The van der Waals surface area contributed by atoms with Gasteiger partial charge in [0.15, 0.2) is 0 Å². The summed E-state index contributed by atoms with van der Waals surface area (Å²) < 4.78 is 86.2. The van der Waals surface area contributed by atoms with E-state index in [9.17, 15) is 64.7 Å². The van der Waals surface area contributed by atoms with Crippen LogP contribution in [0, 0.1) is 29.6 Å². The summed E-state index contributed by atoms with van der Waals surface area (Å²) in [4.78, 5) is 187. The van der Waals surface area contributed by atoms with Gasteiger partial charge in [-0.3, -0.25) is 57.5 Å². The molecule has 3 saturated heterocycles. The number of amides is 12. The number of fused-ring (bicyclic) bond motifs is 1. The van der Waals surface area contributed by atoms with Crippen LogP contribution in [0.2, 0.25) is 0 Å². The molecule has 3 aliphatic heterocycles. The molecule has 100 heavy (non-hydrogen) atoms. The lowest BCUT2D eigenvalue weighted by atomic mass is 9.78. The zero-order valence-corrected chi connectivity index (χ0v) is 60.5. The predicted molar refractivity (Wildman–Crippen MR) is 357 cm³/mol.